The van der Waals surface area contributed by atoms with Gasteiger partial charge in [0, 0.05) is 12.0 Å². The zero-order chi connectivity index (χ0) is 12.5. The fraction of sp³-hybridized carbons (Fsp3) is 0.778. The second-order valence-corrected chi connectivity index (χ2v) is 6.84. The first-order chi connectivity index (χ1) is 6.72. The third-order valence-corrected chi connectivity index (χ3v) is 3.76. The van der Waals surface area contributed by atoms with Crippen LogP contribution in [0.15, 0.2) is 12.3 Å². The van der Waals surface area contributed by atoms with Gasteiger partial charge < -0.3 is 20.4 Å². The van der Waals surface area contributed by atoms with Crippen LogP contribution in [0, 0.1) is 5.41 Å². The van der Waals surface area contributed by atoms with Crippen LogP contribution >= 0.6 is 31.9 Å². The number of aliphatic hydroxyl groups is 4. The summed E-state index contributed by atoms with van der Waals surface area (Å²) in [5.41, 5.74) is -0.576. The van der Waals surface area contributed by atoms with E-state index < -0.39 is 8.83 Å². The highest BCUT2D eigenvalue weighted by atomic mass is 79.9. The minimum Gasteiger partial charge on any atom is -0.516 e. The molecule has 4 nitrogen and oxygen atoms in total. The van der Waals surface area contributed by atoms with Crippen molar-refractivity contribution in [2.75, 3.05) is 13.2 Å². The Balaban J connectivity index is 0. The monoisotopic (exact) mass is 348 g/mol. The molecule has 0 saturated heterocycles. The van der Waals surface area contributed by atoms with E-state index in [-0.39, 0.29) is 13.2 Å². The lowest BCUT2D eigenvalue weighted by molar-refractivity contribution is 0.0508. The largest absolute Gasteiger partial charge is 0.516 e. The van der Waals surface area contributed by atoms with E-state index in [1.807, 2.05) is 0 Å². The minimum atomic E-state index is -1.18. The van der Waals surface area contributed by atoms with Crippen molar-refractivity contribution in [2.24, 2.45) is 5.41 Å². The molecule has 0 atom stereocenters. The van der Waals surface area contributed by atoms with Crippen molar-refractivity contribution >= 4 is 31.9 Å². The Morgan fingerprint density at radius 3 is 1.73 bits per heavy atom. The van der Waals surface area contributed by atoms with Crippen molar-refractivity contribution in [3.8, 4) is 0 Å². The van der Waals surface area contributed by atoms with Gasteiger partial charge in [-0.25, -0.2) is 0 Å². The van der Waals surface area contributed by atoms with Crippen molar-refractivity contribution < 1.29 is 20.4 Å². The van der Waals surface area contributed by atoms with Gasteiger partial charge in [0.1, 0.15) is 0 Å². The smallest absolute Gasteiger partial charge is 0.182 e. The first-order valence-electron chi connectivity index (χ1n) is 4.34. The molecule has 0 aromatic carbocycles. The maximum absolute atomic E-state index is 9.22. The molecule has 92 valence electrons. The van der Waals surface area contributed by atoms with Crippen LogP contribution in [-0.2, 0) is 0 Å². The summed E-state index contributed by atoms with van der Waals surface area (Å²) in [4.78, 5) is 0. The third kappa shape index (κ3) is 9.32. The number of halogens is 2. The molecular formula is C9H18Br2O4. The molecule has 0 aliphatic heterocycles. The van der Waals surface area contributed by atoms with Gasteiger partial charge in [0.05, 0.1) is 12.9 Å². The van der Waals surface area contributed by atoms with E-state index in [0.717, 1.165) is 6.26 Å². The Morgan fingerprint density at radius 2 is 1.67 bits per heavy atom. The number of aliphatic hydroxyl groups excluding tert-OH is 3. The first kappa shape index (κ1) is 17.8. The van der Waals surface area contributed by atoms with Crippen molar-refractivity contribution in [2.45, 2.75) is 23.7 Å². The summed E-state index contributed by atoms with van der Waals surface area (Å²) in [7, 11) is 0. The van der Waals surface area contributed by atoms with Gasteiger partial charge in [-0.15, -0.1) is 0 Å². The van der Waals surface area contributed by atoms with Crippen molar-refractivity contribution in [3.05, 3.63) is 12.3 Å². The van der Waals surface area contributed by atoms with E-state index in [4.69, 9.17) is 15.3 Å². The molecule has 0 unspecified atom stereocenters. The predicted molar refractivity (Wildman–Crippen MR) is 67.1 cm³/mol. The second kappa shape index (κ2) is 8.52. The molecule has 15 heavy (non-hydrogen) atoms. The lowest BCUT2D eigenvalue weighted by Gasteiger charge is -2.31. The molecule has 6 heteroatoms. The standard InChI is InChI=1S/C5H10Br2O2.C4H8O2/c1-4(2,3-8)5(6,7)9;5-3-1-2-4-6/h8-9H,3H2,1-2H3;1,3,5-6H,2,4H2. The highest BCUT2D eigenvalue weighted by Gasteiger charge is 2.38. The average Bonchev–Trinajstić information content (AvgIpc) is 2.14. The molecule has 0 aliphatic carbocycles. The zero-order valence-corrected chi connectivity index (χ0v) is 12.0. The SMILES string of the molecule is CC(C)(CO)C(O)(Br)Br.OC=CCCO. The Bertz CT molecular complexity index is 175. The summed E-state index contributed by atoms with van der Waals surface area (Å²) >= 11 is 5.94. The van der Waals surface area contributed by atoms with Gasteiger partial charge in [0.25, 0.3) is 0 Å². The number of hydrogen-bond acceptors (Lipinski definition) is 4. The van der Waals surface area contributed by atoms with E-state index >= 15 is 0 Å². The second-order valence-electron chi connectivity index (χ2n) is 3.48. The summed E-state index contributed by atoms with van der Waals surface area (Å²) < 4.78 is -1.18. The fourth-order valence-corrected chi connectivity index (χ4v) is 0.495. The quantitative estimate of drug-likeness (QED) is 0.461. The van der Waals surface area contributed by atoms with Gasteiger partial charge in [-0.3, -0.25) is 0 Å². The predicted octanol–water partition coefficient (Wildman–Crippen LogP) is 1.88. The normalized spacial score (nSPS) is 12.5. The van der Waals surface area contributed by atoms with Gasteiger partial charge in [0.15, 0.2) is 3.42 Å². The van der Waals surface area contributed by atoms with Crippen LogP contribution in [0.2, 0.25) is 0 Å². The molecule has 0 spiro atoms. The minimum absolute atomic E-state index is 0.0833. The van der Waals surface area contributed by atoms with Crippen LogP contribution in [0.5, 0.6) is 0 Å². The molecule has 0 aromatic rings. The maximum atomic E-state index is 9.22. The highest BCUT2D eigenvalue weighted by Crippen LogP contribution is 2.40. The van der Waals surface area contributed by atoms with Gasteiger partial charge in [0.2, 0.25) is 0 Å². The van der Waals surface area contributed by atoms with Gasteiger partial charge in [-0.1, -0.05) is 13.8 Å². The molecule has 0 rings (SSSR count). The first-order valence-corrected chi connectivity index (χ1v) is 5.92. The van der Waals surface area contributed by atoms with Crippen LogP contribution in [0.4, 0.5) is 0 Å². The Kier molecular flexibility index (Phi) is 10.1. The van der Waals surface area contributed by atoms with Crippen molar-refractivity contribution in [1.29, 1.82) is 0 Å². The van der Waals surface area contributed by atoms with Crippen LogP contribution in [-0.4, -0.2) is 37.1 Å². The molecule has 0 bridgehead atoms. The Morgan fingerprint density at radius 1 is 1.20 bits per heavy atom. The molecule has 0 saturated carbocycles. The molecule has 0 heterocycles. The number of hydrogen-bond donors (Lipinski definition) is 4. The van der Waals surface area contributed by atoms with E-state index in [9.17, 15) is 5.11 Å². The topological polar surface area (TPSA) is 80.9 Å². The Labute approximate surface area is 107 Å². The molecule has 0 amide bonds. The summed E-state index contributed by atoms with van der Waals surface area (Å²) in [5, 5.41) is 33.9. The molecule has 0 fully saturated rings. The summed E-state index contributed by atoms with van der Waals surface area (Å²) in [6.45, 7) is 3.49. The summed E-state index contributed by atoms with van der Waals surface area (Å²) in [5.74, 6) is 0. The van der Waals surface area contributed by atoms with E-state index in [2.05, 4.69) is 31.9 Å². The molecule has 0 aromatic heterocycles. The van der Waals surface area contributed by atoms with Gasteiger partial charge >= 0.3 is 0 Å². The van der Waals surface area contributed by atoms with E-state index in [0.29, 0.717) is 6.42 Å². The summed E-state index contributed by atoms with van der Waals surface area (Å²) in [6.07, 6.45) is 2.95. The number of rotatable bonds is 4. The van der Waals surface area contributed by atoms with Crippen LogP contribution < -0.4 is 0 Å². The van der Waals surface area contributed by atoms with Crippen molar-refractivity contribution in [3.63, 3.8) is 0 Å². The third-order valence-electron chi connectivity index (χ3n) is 1.61. The average molecular weight is 350 g/mol. The molecule has 4 N–H and O–H groups in total. The van der Waals surface area contributed by atoms with Crippen molar-refractivity contribution in [1.82, 2.24) is 0 Å². The number of alkyl halides is 2. The van der Waals surface area contributed by atoms with Crippen LogP contribution in [0.3, 0.4) is 0 Å². The van der Waals surface area contributed by atoms with Gasteiger partial charge in [-0.2, -0.15) is 0 Å². The van der Waals surface area contributed by atoms with Gasteiger partial charge in [-0.05, 0) is 44.4 Å². The van der Waals surface area contributed by atoms with Crippen LogP contribution in [0.25, 0.3) is 0 Å². The Hall–Kier alpha value is 0.380. The zero-order valence-electron chi connectivity index (χ0n) is 8.82. The maximum Gasteiger partial charge on any atom is 0.182 e. The lowest BCUT2D eigenvalue weighted by atomic mass is 9.96. The fourth-order valence-electron chi connectivity index (χ4n) is 0.244. The molecular weight excluding hydrogens is 332 g/mol. The van der Waals surface area contributed by atoms with Crippen LogP contribution in [0.1, 0.15) is 20.3 Å². The molecule has 0 aliphatic rings. The lowest BCUT2D eigenvalue weighted by Crippen LogP contribution is -2.36. The molecule has 0 radical (unpaired) electrons. The van der Waals surface area contributed by atoms with E-state index in [1.54, 1.807) is 13.8 Å². The highest BCUT2D eigenvalue weighted by molar-refractivity contribution is 9.25. The summed E-state index contributed by atoms with van der Waals surface area (Å²) in [6, 6.07) is 0. The van der Waals surface area contributed by atoms with E-state index in [1.165, 1.54) is 6.08 Å².